The van der Waals surface area contributed by atoms with E-state index in [0.717, 1.165) is 29.9 Å². The summed E-state index contributed by atoms with van der Waals surface area (Å²) in [6.45, 7) is 6.90. The molecule has 3 rings (SSSR count). The molecular weight excluding hydrogens is 340 g/mol. The summed E-state index contributed by atoms with van der Waals surface area (Å²) < 4.78 is 5.62. The fourth-order valence-corrected chi connectivity index (χ4v) is 4.23. The Labute approximate surface area is 162 Å². The first-order valence-corrected chi connectivity index (χ1v) is 10.3. The monoisotopic (exact) mass is 374 g/mol. The molecule has 0 radical (unpaired) electrons. The lowest BCUT2D eigenvalue weighted by molar-refractivity contribution is -0.116. The third-order valence-electron chi connectivity index (χ3n) is 5.74. The molecule has 1 amide bonds. The number of hydrogen-bond donors (Lipinski definition) is 3. The van der Waals surface area contributed by atoms with Crippen molar-refractivity contribution in [1.82, 2.24) is 5.32 Å². The van der Waals surface area contributed by atoms with Crippen LogP contribution in [-0.2, 0) is 4.79 Å². The van der Waals surface area contributed by atoms with Gasteiger partial charge in [0.25, 0.3) is 0 Å². The van der Waals surface area contributed by atoms with Gasteiger partial charge in [-0.05, 0) is 82.1 Å². The van der Waals surface area contributed by atoms with E-state index < -0.39 is 6.10 Å². The van der Waals surface area contributed by atoms with Crippen molar-refractivity contribution in [2.75, 3.05) is 18.5 Å². The zero-order valence-electron chi connectivity index (χ0n) is 16.8. The molecule has 2 saturated carbocycles. The maximum Gasteiger partial charge on any atom is 0.224 e. The van der Waals surface area contributed by atoms with E-state index in [2.05, 4.69) is 31.4 Å². The summed E-state index contributed by atoms with van der Waals surface area (Å²) in [6.07, 6.45) is 5.21. The molecule has 0 heterocycles. The van der Waals surface area contributed by atoms with Gasteiger partial charge in [0.2, 0.25) is 5.91 Å². The van der Waals surface area contributed by atoms with Gasteiger partial charge in [0.15, 0.2) is 0 Å². The minimum absolute atomic E-state index is 0.0286. The Bertz CT molecular complexity index is 613. The number of carbonyl (C=O) groups excluding carboxylic acids is 1. The van der Waals surface area contributed by atoms with Crippen molar-refractivity contribution in [3.8, 4) is 5.75 Å². The third kappa shape index (κ3) is 6.22. The summed E-state index contributed by atoms with van der Waals surface area (Å²) in [5, 5.41) is 16.2. The van der Waals surface area contributed by atoms with Crippen molar-refractivity contribution < 1.29 is 14.6 Å². The number of carbonyl (C=O) groups is 1. The van der Waals surface area contributed by atoms with E-state index in [1.807, 2.05) is 24.3 Å². The largest absolute Gasteiger partial charge is 0.491 e. The second kappa shape index (κ2) is 8.61. The number of aliphatic hydroxyl groups is 1. The summed E-state index contributed by atoms with van der Waals surface area (Å²) in [7, 11) is 0. The van der Waals surface area contributed by atoms with Gasteiger partial charge in [0.05, 0.1) is 0 Å². The van der Waals surface area contributed by atoms with Crippen molar-refractivity contribution in [2.45, 2.75) is 64.5 Å². The molecule has 2 aliphatic rings. The van der Waals surface area contributed by atoms with Crippen molar-refractivity contribution in [3.05, 3.63) is 24.3 Å². The van der Waals surface area contributed by atoms with E-state index in [1.54, 1.807) is 0 Å². The summed E-state index contributed by atoms with van der Waals surface area (Å²) in [5.74, 6) is 3.43. The standard InChI is InChI=1S/C22H34N2O3/c1-22(2,3)23-13-16(25)14-27-17-9-7-15(8-10-17)24-21(26)12-11-20-18-5-4-6-19(18)20/h7-10,16,18-20,23,25H,4-6,11-14H2,1-3H3,(H,24,26). The number of hydrogen-bond acceptors (Lipinski definition) is 4. The van der Waals surface area contributed by atoms with E-state index in [-0.39, 0.29) is 18.1 Å². The molecule has 1 aromatic rings. The molecule has 0 aliphatic heterocycles. The highest BCUT2D eigenvalue weighted by atomic mass is 16.5. The van der Waals surface area contributed by atoms with Crippen molar-refractivity contribution in [3.63, 3.8) is 0 Å². The number of fused-ring (bicyclic) bond motifs is 1. The minimum atomic E-state index is -0.564. The molecule has 27 heavy (non-hydrogen) atoms. The van der Waals surface area contributed by atoms with Crippen LogP contribution in [0.5, 0.6) is 5.75 Å². The number of rotatable bonds is 9. The molecule has 0 saturated heterocycles. The first kappa shape index (κ1) is 20.2. The van der Waals surface area contributed by atoms with Crippen LogP contribution in [0.15, 0.2) is 24.3 Å². The van der Waals surface area contributed by atoms with Crippen LogP contribution in [0.3, 0.4) is 0 Å². The normalized spacial score (nSPS) is 25.0. The molecule has 3 atom stereocenters. The second-order valence-electron chi connectivity index (χ2n) is 9.13. The number of benzene rings is 1. The van der Waals surface area contributed by atoms with Crippen LogP contribution in [0.4, 0.5) is 5.69 Å². The third-order valence-corrected chi connectivity index (χ3v) is 5.74. The molecule has 0 bridgehead atoms. The van der Waals surface area contributed by atoms with Gasteiger partial charge in [0.1, 0.15) is 18.5 Å². The van der Waals surface area contributed by atoms with Crippen LogP contribution in [-0.4, -0.2) is 35.8 Å². The first-order chi connectivity index (χ1) is 12.8. The number of ether oxygens (including phenoxy) is 1. The van der Waals surface area contributed by atoms with Gasteiger partial charge in [-0.2, -0.15) is 0 Å². The minimum Gasteiger partial charge on any atom is -0.491 e. The number of nitrogens with one attached hydrogen (secondary N) is 2. The summed E-state index contributed by atoms with van der Waals surface area (Å²) in [4.78, 5) is 12.1. The number of amides is 1. The van der Waals surface area contributed by atoms with E-state index in [0.29, 0.717) is 18.7 Å². The molecule has 5 heteroatoms. The van der Waals surface area contributed by atoms with Crippen molar-refractivity contribution in [2.24, 2.45) is 17.8 Å². The molecule has 2 fully saturated rings. The first-order valence-electron chi connectivity index (χ1n) is 10.3. The van der Waals surface area contributed by atoms with Crippen LogP contribution in [0.2, 0.25) is 0 Å². The lowest BCUT2D eigenvalue weighted by Gasteiger charge is -2.23. The summed E-state index contributed by atoms with van der Waals surface area (Å²) >= 11 is 0. The van der Waals surface area contributed by atoms with Gasteiger partial charge < -0.3 is 20.5 Å². The molecule has 1 aromatic carbocycles. The highest BCUT2D eigenvalue weighted by Gasteiger charge is 2.51. The Balaban J connectivity index is 1.33. The van der Waals surface area contributed by atoms with Crippen LogP contribution < -0.4 is 15.4 Å². The Morgan fingerprint density at radius 3 is 2.52 bits per heavy atom. The van der Waals surface area contributed by atoms with Gasteiger partial charge in [0, 0.05) is 24.2 Å². The SMILES string of the molecule is CC(C)(C)NCC(O)COc1ccc(NC(=O)CCC2C3CCCC32)cc1. The molecule has 0 spiro atoms. The summed E-state index contributed by atoms with van der Waals surface area (Å²) in [6, 6.07) is 7.34. The van der Waals surface area contributed by atoms with Crippen LogP contribution in [0, 0.1) is 17.8 Å². The Kier molecular flexibility index (Phi) is 6.43. The van der Waals surface area contributed by atoms with Crippen molar-refractivity contribution >= 4 is 11.6 Å². The highest BCUT2D eigenvalue weighted by Crippen LogP contribution is 2.59. The predicted octanol–water partition coefficient (Wildman–Crippen LogP) is 3.58. The average molecular weight is 375 g/mol. The van der Waals surface area contributed by atoms with Gasteiger partial charge >= 0.3 is 0 Å². The maximum absolute atomic E-state index is 12.1. The zero-order chi connectivity index (χ0) is 19.4. The van der Waals surface area contributed by atoms with E-state index >= 15 is 0 Å². The topological polar surface area (TPSA) is 70.6 Å². The van der Waals surface area contributed by atoms with Crippen molar-refractivity contribution in [1.29, 1.82) is 0 Å². The zero-order valence-corrected chi connectivity index (χ0v) is 16.8. The van der Waals surface area contributed by atoms with Gasteiger partial charge in [-0.1, -0.05) is 6.42 Å². The van der Waals surface area contributed by atoms with E-state index in [9.17, 15) is 9.90 Å². The smallest absolute Gasteiger partial charge is 0.224 e. The molecule has 0 aromatic heterocycles. The fraction of sp³-hybridized carbons (Fsp3) is 0.682. The Morgan fingerprint density at radius 2 is 1.89 bits per heavy atom. The van der Waals surface area contributed by atoms with Crippen LogP contribution in [0.1, 0.15) is 52.9 Å². The molecule has 150 valence electrons. The average Bonchev–Trinajstić information content (AvgIpc) is 3.04. The molecule has 2 aliphatic carbocycles. The number of β-amino-alcohol motifs (C(OH)–C–C–N with tert-alkyl or cyclic N) is 1. The maximum atomic E-state index is 12.1. The number of anilines is 1. The van der Waals surface area contributed by atoms with Gasteiger partial charge in [-0.25, -0.2) is 0 Å². The fourth-order valence-electron chi connectivity index (χ4n) is 4.23. The Morgan fingerprint density at radius 1 is 1.22 bits per heavy atom. The highest BCUT2D eigenvalue weighted by molar-refractivity contribution is 5.90. The quantitative estimate of drug-likeness (QED) is 0.618. The lowest BCUT2D eigenvalue weighted by atomic mass is 10.1. The van der Waals surface area contributed by atoms with Crippen LogP contribution >= 0.6 is 0 Å². The lowest BCUT2D eigenvalue weighted by Crippen LogP contribution is -2.42. The van der Waals surface area contributed by atoms with Gasteiger partial charge in [-0.15, -0.1) is 0 Å². The molecular formula is C22H34N2O3. The molecule has 3 unspecified atom stereocenters. The van der Waals surface area contributed by atoms with E-state index in [1.165, 1.54) is 19.3 Å². The second-order valence-corrected chi connectivity index (χ2v) is 9.13. The Hall–Kier alpha value is -1.59. The number of aliphatic hydroxyl groups excluding tert-OH is 1. The predicted molar refractivity (Wildman–Crippen MR) is 108 cm³/mol. The van der Waals surface area contributed by atoms with Crippen LogP contribution in [0.25, 0.3) is 0 Å². The van der Waals surface area contributed by atoms with Gasteiger partial charge in [-0.3, -0.25) is 4.79 Å². The summed E-state index contributed by atoms with van der Waals surface area (Å²) in [5.41, 5.74) is 0.761. The van der Waals surface area contributed by atoms with E-state index in [4.69, 9.17) is 4.74 Å². The molecule has 5 nitrogen and oxygen atoms in total. The molecule has 3 N–H and O–H groups in total.